The number of rotatable bonds is 2. The molecule has 1 heterocycles. The largest absolute Gasteiger partial charge is 0.472 e. The van der Waals surface area contributed by atoms with E-state index in [-0.39, 0.29) is 22.0 Å². The van der Waals surface area contributed by atoms with E-state index in [4.69, 9.17) is 22.8 Å². The molecule has 1 aliphatic rings. The van der Waals surface area contributed by atoms with Crippen molar-refractivity contribution >= 4 is 23.2 Å². The van der Waals surface area contributed by atoms with Crippen molar-refractivity contribution < 1.29 is 14.3 Å². The van der Waals surface area contributed by atoms with Gasteiger partial charge in [0.05, 0.1) is 5.56 Å². The van der Waals surface area contributed by atoms with Crippen LogP contribution in [0.1, 0.15) is 27.8 Å². The first kappa shape index (κ1) is 12.3. The van der Waals surface area contributed by atoms with Crippen molar-refractivity contribution in [2.75, 3.05) is 0 Å². The Labute approximate surface area is 109 Å². The van der Waals surface area contributed by atoms with Gasteiger partial charge >= 0.3 is 0 Å². The maximum atomic E-state index is 12.1. The maximum absolute atomic E-state index is 12.1. The van der Waals surface area contributed by atoms with Crippen LogP contribution in [0.25, 0.3) is 0 Å². The lowest BCUT2D eigenvalue weighted by atomic mass is 9.98. The summed E-state index contributed by atoms with van der Waals surface area (Å²) in [4.78, 5) is 27.9. The van der Waals surface area contributed by atoms with Crippen molar-refractivity contribution in [1.29, 1.82) is 0 Å². The second kappa shape index (κ2) is 4.63. The number of terminal acetylenes is 1. The average Bonchev–Trinajstić information content (AvgIpc) is 2.40. The number of hydrogen-bond acceptors (Lipinski definition) is 4. The Kier molecular flexibility index (Phi) is 3.17. The summed E-state index contributed by atoms with van der Waals surface area (Å²) in [7, 11) is 0. The zero-order valence-electron chi connectivity index (χ0n) is 9.44. The van der Waals surface area contributed by atoms with Crippen LogP contribution >= 0.6 is 11.6 Å². The molecule has 0 radical (unpaired) electrons. The van der Waals surface area contributed by atoms with E-state index in [2.05, 4.69) is 10.9 Å². The van der Waals surface area contributed by atoms with Crippen molar-refractivity contribution in [3.05, 3.63) is 40.4 Å². The van der Waals surface area contributed by atoms with Gasteiger partial charge in [0.1, 0.15) is 10.7 Å². The summed E-state index contributed by atoms with van der Waals surface area (Å²) in [5.41, 5.74) is 0.208. The smallest absolute Gasteiger partial charge is 0.248 e. The van der Waals surface area contributed by atoms with Crippen molar-refractivity contribution in [2.45, 2.75) is 13.0 Å². The molecule has 1 unspecified atom stereocenters. The first-order valence-electron chi connectivity index (χ1n) is 5.13. The molecule has 1 atom stereocenters. The Morgan fingerprint density at radius 2 is 2.17 bits per heavy atom. The molecule has 2 rings (SSSR count). The minimum absolute atomic E-state index is 0.0334. The van der Waals surface area contributed by atoms with Crippen LogP contribution in [0.5, 0.6) is 0 Å². The van der Waals surface area contributed by atoms with Crippen LogP contribution in [0.2, 0.25) is 0 Å². The van der Waals surface area contributed by atoms with E-state index in [1.54, 1.807) is 13.0 Å². The number of ketones is 2. The number of nitrogens with zero attached hydrogens (tertiary/aromatic N) is 1. The van der Waals surface area contributed by atoms with Crippen molar-refractivity contribution in [1.82, 2.24) is 4.98 Å². The first-order chi connectivity index (χ1) is 8.56. The van der Waals surface area contributed by atoms with Gasteiger partial charge in [-0.05, 0) is 19.1 Å². The number of ether oxygens (including phenoxy) is 1. The van der Waals surface area contributed by atoms with E-state index in [0.717, 1.165) is 0 Å². The fourth-order valence-corrected chi connectivity index (χ4v) is 1.75. The van der Waals surface area contributed by atoms with Crippen molar-refractivity contribution in [2.24, 2.45) is 0 Å². The molecule has 1 aromatic rings. The molecular weight excluding hydrogens is 254 g/mol. The van der Waals surface area contributed by atoms with Crippen LogP contribution in [0.15, 0.2) is 29.1 Å². The van der Waals surface area contributed by atoms with Gasteiger partial charge < -0.3 is 4.74 Å². The maximum Gasteiger partial charge on any atom is 0.248 e. The quantitative estimate of drug-likeness (QED) is 0.764. The Hall–Kier alpha value is -2.12. The highest BCUT2D eigenvalue weighted by atomic mass is 35.5. The summed E-state index contributed by atoms with van der Waals surface area (Å²) in [6.45, 7) is 1.57. The Balaban J connectivity index is 2.51. The third-order valence-electron chi connectivity index (χ3n) is 2.40. The van der Waals surface area contributed by atoms with Crippen molar-refractivity contribution in [3.8, 4) is 12.3 Å². The molecule has 4 nitrogen and oxygen atoms in total. The van der Waals surface area contributed by atoms with Gasteiger partial charge in [-0.2, -0.15) is 0 Å². The topological polar surface area (TPSA) is 56.3 Å². The Morgan fingerprint density at radius 1 is 1.44 bits per heavy atom. The van der Waals surface area contributed by atoms with Gasteiger partial charge in [0, 0.05) is 6.20 Å². The van der Waals surface area contributed by atoms with Gasteiger partial charge in [0.15, 0.2) is 11.9 Å². The third kappa shape index (κ3) is 1.89. The number of hydrogen-bond donors (Lipinski definition) is 0. The molecule has 0 saturated heterocycles. The Morgan fingerprint density at radius 3 is 2.83 bits per heavy atom. The number of allylic oxidation sites excluding steroid dienone is 2. The molecule has 0 bridgehead atoms. The predicted molar refractivity (Wildman–Crippen MR) is 65.2 cm³/mol. The lowest BCUT2D eigenvalue weighted by molar-refractivity contribution is 0.0841. The number of Topliss-reactive ketones (excluding diaryl/α,β-unsaturated/α-hetero) is 2. The van der Waals surface area contributed by atoms with E-state index in [1.807, 2.05) is 0 Å². The number of fused-ring (bicyclic) bond motifs is 1. The van der Waals surface area contributed by atoms with Gasteiger partial charge in [-0.1, -0.05) is 17.5 Å². The molecule has 18 heavy (non-hydrogen) atoms. The number of halogens is 1. The molecular formula is C13H8ClNO3. The molecule has 5 heteroatoms. The highest BCUT2D eigenvalue weighted by Gasteiger charge is 2.34. The summed E-state index contributed by atoms with van der Waals surface area (Å²) in [5, 5.41) is -0.261. The molecule has 0 aliphatic heterocycles. The molecule has 0 aromatic carbocycles. The van der Waals surface area contributed by atoms with E-state index >= 15 is 0 Å². The summed E-state index contributed by atoms with van der Waals surface area (Å²) < 4.78 is 5.19. The summed E-state index contributed by atoms with van der Waals surface area (Å²) in [5.74, 6) is 1.04. The molecule has 0 N–H and O–H groups in total. The predicted octanol–water partition coefficient (Wildman–Crippen LogP) is 1.95. The van der Waals surface area contributed by atoms with Crippen LogP contribution in [-0.4, -0.2) is 22.7 Å². The summed E-state index contributed by atoms with van der Waals surface area (Å²) in [6.07, 6.45) is 5.92. The first-order valence-corrected chi connectivity index (χ1v) is 5.51. The molecule has 0 amide bonds. The van der Waals surface area contributed by atoms with E-state index < -0.39 is 17.7 Å². The minimum Gasteiger partial charge on any atom is -0.472 e. The highest BCUT2D eigenvalue weighted by Crippen LogP contribution is 2.28. The van der Waals surface area contributed by atoms with Gasteiger partial charge in [0.2, 0.25) is 11.6 Å². The lowest BCUT2D eigenvalue weighted by Gasteiger charge is -2.18. The molecule has 0 fully saturated rings. The lowest BCUT2D eigenvalue weighted by Crippen LogP contribution is -2.24. The van der Waals surface area contributed by atoms with Crippen LogP contribution in [0.4, 0.5) is 0 Å². The van der Waals surface area contributed by atoms with Gasteiger partial charge in [-0.15, -0.1) is 6.42 Å². The number of aromatic nitrogens is 1. The monoisotopic (exact) mass is 261 g/mol. The van der Waals surface area contributed by atoms with Gasteiger partial charge in [-0.3, -0.25) is 14.6 Å². The third-order valence-corrected chi connectivity index (χ3v) is 2.74. The zero-order chi connectivity index (χ0) is 13.3. The molecule has 0 saturated carbocycles. The molecule has 1 aromatic heterocycles. The summed E-state index contributed by atoms with van der Waals surface area (Å²) >= 11 is 5.84. The molecule has 90 valence electrons. The second-order valence-corrected chi connectivity index (χ2v) is 4.01. The highest BCUT2D eigenvalue weighted by molar-refractivity contribution is 6.49. The number of carbonyl (C=O) groups is 2. The van der Waals surface area contributed by atoms with E-state index in [9.17, 15) is 9.59 Å². The van der Waals surface area contributed by atoms with Gasteiger partial charge in [-0.25, -0.2) is 0 Å². The van der Waals surface area contributed by atoms with Crippen LogP contribution in [-0.2, 0) is 4.74 Å². The number of carbonyl (C=O) groups excluding carboxylic acids is 2. The fraction of sp³-hybridized carbons (Fsp3) is 0.154. The standard InChI is InChI=1S/C13H8ClNO3/c1-3-7(2)18-13-9(14)11(16)8-5-4-6-15-10(8)12(13)17/h1,4-7H,2H3. The van der Waals surface area contributed by atoms with Crippen LogP contribution in [0, 0.1) is 12.3 Å². The number of pyridine rings is 1. The minimum atomic E-state index is -0.657. The van der Waals surface area contributed by atoms with Crippen molar-refractivity contribution in [3.63, 3.8) is 0 Å². The molecule has 0 spiro atoms. The van der Waals surface area contributed by atoms with Gasteiger partial charge in [0.25, 0.3) is 0 Å². The second-order valence-electron chi connectivity index (χ2n) is 3.63. The van der Waals surface area contributed by atoms with E-state index in [1.165, 1.54) is 12.3 Å². The Bertz CT molecular complexity index is 613. The SMILES string of the molecule is C#CC(C)OC1=C(Cl)C(=O)c2cccnc2C1=O. The fourth-order valence-electron chi connectivity index (χ4n) is 1.51. The zero-order valence-corrected chi connectivity index (χ0v) is 10.2. The van der Waals surface area contributed by atoms with E-state index in [0.29, 0.717) is 0 Å². The summed E-state index contributed by atoms with van der Waals surface area (Å²) in [6, 6.07) is 3.05. The normalized spacial score (nSPS) is 16.1. The van der Waals surface area contributed by atoms with Crippen LogP contribution in [0.3, 0.4) is 0 Å². The average molecular weight is 262 g/mol. The molecule has 1 aliphatic carbocycles. The van der Waals surface area contributed by atoms with Crippen LogP contribution < -0.4 is 0 Å².